The Bertz CT molecular complexity index is 380. The summed E-state index contributed by atoms with van der Waals surface area (Å²) in [5, 5.41) is 0. The average molecular weight is 192 g/mol. The van der Waals surface area contributed by atoms with E-state index in [1.165, 1.54) is 14.0 Å². The van der Waals surface area contributed by atoms with Crippen LogP contribution in [0.2, 0.25) is 0 Å². The molecule has 0 saturated carbocycles. The molecule has 0 atom stereocenters. The number of hydrogen-bond acceptors (Lipinski definition) is 3. The van der Waals surface area contributed by atoms with Crippen molar-refractivity contribution in [2.45, 2.75) is 13.8 Å². The summed E-state index contributed by atoms with van der Waals surface area (Å²) in [6.45, 7) is 3.31. The van der Waals surface area contributed by atoms with Crippen molar-refractivity contribution < 1.29 is 14.3 Å². The lowest BCUT2D eigenvalue weighted by atomic mass is 10.0. The zero-order valence-corrected chi connectivity index (χ0v) is 8.46. The Hall–Kier alpha value is -1.64. The van der Waals surface area contributed by atoms with Crippen LogP contribution in [0, 0.1) is 6.92 Å². The van der Waals surface area contributed by atoms with E-state index < -0.39 is 5.97 Å². The van der Waals surface area contributed by atoms with Gasteiger partial charge in [0, 0.05) is 5.56 Å². The van der Waals surface area contributed by atoms with E-state index >= 15 is 0 Å². The number of esters is 1. The maximum Gasteiger partial charge on any atom is 0.337 e. The first-order valence-corrected chi connectivity index (χ1v) is 4.26. The molecule has 0 aliphatic heterocycles. The monoisotopic (exact) mass is 192 g/mol. The highest BCUT2D eigenvalue weighted by atomic mass is 16.5. The number of rotatable bonds is 2. The minimum atomic E-state index is -0.424. The molecule has 0 saturated heterocycles. The fourth-order valence-electron chi connectivity index (χ4n) is 1.25. The van der Waals surface area contributed by atoms with E-state index in [-0.39, 0.29) is 5.78 Å². The van der Waals surface area contributed by atoms with Gasteiger partial charge in [-0.2, -0.15) is 0 Å². The van der Waals surface area contributed by atoms with Gasteiger partial charge in [-0.05, 0) is 31.5 Å². The lowest BCUT2D eigenvalue weighted by Gasteiger charge is -2.04. The van der Waals surface area contributed by atoms with Crippen molar-refractivity contribution in [1.29, 1.82) is 0 Å². The highest BCUT2D eigenvalue weighted by molar-refractivity contribution is 5.98. The van der Waals surface area contributed by atoms with Crippen LogP contribution >= 0.6 is 0 Å². The summed E-state index contributed by atoms with van der Waals surface area (Å²) in [6, 6.07) is 4.94. The van der Waals surface area contributed by atoms with Crippen molar-refractivity contribution >= 4 is 11.8 Å². The van der Waals surface area contributed by atoms with Crippen molar-refractivity contribution in [3.63, 3.8) is 0 Å². The second kappa shape index (κ2) is 4.05. The van der Waals surface area contributed by atoms with Crippen molar-refractivity contribution in [2.75, 3.05) is 7.11 Å². The van der Waals surface area contributed by atoms with Crippen LogP contribution in [0.5, 0.6) is 0 Å². The quantitative estimate of drug-likeness (QED) is 0.531. The Morgan fingerprint density at radius 1 is 1.29 bits per heavy atom. The summed E-state index contributed by atoms with van der Waals surface area (Å²) in [4.78, 5) is 22.3. The van der Waals surface area contributed by atoms with Crippen molar-refractivity contribution in [1.82, 2.24) is 0 Å². The lowest BCUT2D eigenvalue weighted by Crippen LogP contribution is -2.04. The Balaban J connectivity index is 3.19. The number of Topliss-reactive ketones (excluding diaryl/α,β-unsaturated/α-hetero) is 1. The Morgan fingerprint density at radius 2 is 1.93 bits per heavy atom. The van der Waals surface area contributed by atoms with Crippen LogP contribution in [0.15, 0.2) is 18.2 Å². The zero-order valence-electron chi connectivity index (χ0n) is 8.46. The molecule has 1 rings (SSSR count). The third-order valence-corrected chi connectivity index (χ3v) is 2.04. The van der Waals surface area contributed by atoms with Gasteiger partial charge in [0.05, 0.1) is 12.7 Å². The molecule has 0 spiro atoms. The molecule has 0 aliphatic carbocycles. The van der Waals surface area contributed by atoms with Crippen molar-refractivity contribution in [2.24, 2.45) is 0 Å². The third-order valence-electron chi connectivity index (χ3n) is 2.04. The van der Waals surface area contributed by atoms with Crippen LogP contribution in [0.3, 0.4) is 0 Å². The molecule has 0 heterocycles. The van der Waals surface area contributed by atoms with Crippen LogP contribution in [0.25, 0.3) is 0 Å². The van der Waals surface area contributed by atoms with Gasteiger partial charge < -0.3 is 4.74 Å². The minimum absolute atomic E-state index is 0.0479. The molecular formula is C11H12O3. The first-order valence-electron chi connectivity index (χ1n) is 4.26. The van der Waals surface area contributed by atoms with Gasteiger partial charge in [-0.15, -0.1) is 0 Å². The van der Waals surface area contributed by atoms with E-state index in [9.17, 15) is 9.59 Å². The first kappa shape index (κ1) is 10.4. The normalized spacial score (nSPS) is 9.64. The fraction of sp³-hybridized carbons (Fsp3) is 0.273. The summed E-state index contributed by atoms with van der Waals surface area (Å²) >= 11 is 0. The first-order chi connectivity index (χ1) is 6.56. The largest absolute Gasteiger partial charge is 0.465 e. The molecule has 0 fully saturated rings. The van der Waals surface area contributed by atoms with E-state index in [1.807, 2.05) is 6.92 Å². The van der Waals surface area contributed by atoms with E-state index in [2.05, 4.69) is 4.74 Å². The summed E-state index contributed by atoms with van der Waals surface area (Å²) in [5.74, 6) is -0.472. The fourth-order valence-corrected chi connectivity index (χ4v) is 1.25. The summed E-state index contributed by atoms with van der Waals surface area (Å²) < 4.78 is 4.56. The Labute approximate surface area is 82.7 Å². The smallest absolute Gasteiger partial charge is 0.337 e. The molecule has 0 amide bonds. The number of ether oxygens (including phenoxy) is 1. The standard InChI is InChI=1S/C11H12O3/c1-7-4-5-9(11(13)14-3)6-10(7)8(2)12/h4-6H,1-3H3. The van der Waals surface area contributed by atoms with Crippen molar-refractivity contribution in [3.05, 3.63) is 34.9 Å². The van der Waals surface area contributed by atoms with Crippen LogP contribution in [-0.2, 0) is 4.74 Å². The van der Waals surface area contributed by atoms with Gasteiger partial charge >= 0.3 is 5.97 Å². The topological polar surface area (TPSA) is 43.4 Å². The lowest BCUT2D eigenvalue weighted by molar-refractivity contribution is 0.0600. The SMILES string of the molecule is COC(=O)c1ccc(C)c(C(C)=O)c1. The molecule has 0 unspecified atom stereocenters. The average Bonchev–Trinajstić information content (AvgIpc) is 2.17. The zero-order chi connectivity index (χ0) is 10.7. The highest BCUT2D eigenvalue weighted by Crippen LogP contribution is 2.12. The Kier molecular flexibility index (Phi) is 3.02. The molecule has 1 aromatic carbocycles. The predicted octanol–water partition coefficient (Wildman–Crippen LogP) is 1.98. The van der Waals surface area contributed by atoms with Gasteiger partial charge in [0.15, 0.2) is 5.78 Å². The molecule has 14 heavy (non-hydrogen) atoms. The van der Waals surface area contributed by atoms with E-state index in [0.717, 1.165) is 5.56 Å². The molecule has 74 valence electrons. The van der Waals surface area contributed by atoms with Crippen LogP contribution < -0.4 is 0 Å². The van der Waals surface area contributed by atoms with E-state index in [1.54, 1.807) is 18.2 Å². The number of methoxy groups -OCH3 is 1. The summed E-state index contributed by atoms with van der Waals surface area (Å²) in [7, 11) is 1.32. The van der Waals surface area contributed by atoms with Gasteiger partial charge in [-0.3, -0.25) is 4.79 Å². The molecule has 0 bridgehead atoms. The van der Waals surface area contributed by atoms with Gasteiger partial charge in [0.1, 0.15) is 0 Å². The van der Waals surface area contributed by atoms with E-state index in [0.29, 0.717) is 11.1 Å². The predicted molar refractivity (Wildman–Crippen MR) is 52.5 cm³/mol. The maximum atomic E-state index is 11.2. The molecular weight excluding hydrogens is 180 g/mol. The second-order valence-corrected chi connectivity index (χ2v) is 3.08. The number of carbonyl (C=O) groups is 2. The highest BCUT2D eigenvalue weighted by Gasteiger charge is 2.09. The summed E-state index contributed by atoms with van der Waals surface area (Å²) in [6.07, 6.45) is 0. The van der Waals surface area contributed by atoms with Gasteiger partial charge in [-0.1, -0.05) is 6.07 Å². The number of hydrogen-bond donors (Lipinski definition) is 0. The minimum Gasteiger partial charge on any atom is -0.465 e. The van der Waals surface area contributed by atoms with Gasteiger partial charge in [0.25, 0.3) is 0 Å². The maximum absolute atomic E-state index is 11.2. The number of carbonyl (C=O) groups excluding carboxylic acids is 2. The van der Waals surface area contributed by atoms with E-state index in [4.69, 9.17) is 0 Å². The van der Waals surface area contributed by atoms with Gasteiger partial charge in [-0.25, -0.2) is 4.79 Å². The molecule has 0 aliphatic rings. The van der Waals surface area contributed by atoms with Crippen molar-refractivity contribution in [3.8, 4) is 0 Å². The molecule has 0 aromatic heterocycles. The number of aryl methyl sites for hydroxylation is 1. The number of benzene rings is 1. The van der Waals surface area contributed by atoms with Gasteiger partial charge in [0.2, 0.25) is 0 Å². The molecule has 0 radical (unpaired) electrons. The summed E-state index contributed by atoms with van der Waals surface area (Å²) in [5.41, 5.74) is 1.83. The number of ketones is 1. The van der Waals surface area contributed by atoms with Crippen LogP contribution in [0.4, 0.5) is 0 Å². The van der Waals surface area contributed by atoms with Crippen LogP contribution in [0.1, 0.15) is 33.2 Å². The molecule has 1 aromatic rings. The Morgan fingerprint density at radius 3 is 2.43 bits per heavy atom. The third kappa shape index (κ3) is 1.99. The molecule has 3 heteroatoms. The molecule has 0 N–H and O–H groups in total. The van der Waals surface area contributed by atoms with Crippen LogP contribution in [-0.4, -0.2) is 18.9 Å². The molecule has 3 nitrogen and oxygen atoms in total. The second-order valence-electron chi connectivity index (χ2n) is 3.08.